The van der Waals surface area contributed by atoms with Crippen LogP contribution >= 0.6 is 0 Å². The van der Waals surface area contributed by atoms with Gasteiger partial charge in [0, 0.05) is 5.54 Å². The zero-order chi connectivity index (χ0) is 20.5. The molecule has 1 atom stereocenters. The van der Waals surface area contributed by atoms with Gasteiger partial charge in [-0.25, -0.2) is 4.79 Å². The number of imide groups is 1. The second-order valence-electron chi connectivity index (χ2n) is 10.5. The largest absolute Gasteiger partial charge is 0.349 e. The molecule has 2 N–H and O–H groups in total. The Kier molecular flexibility index (Phi) is 3.87. The molecule has 6 heteroatoms. The van der Waals surface area contributed by atoms with Gasteiger partial charge in [0.1, 0.15) is 12.1 Å². The number of amides is 4. The van der Waals surface area contributed by atoms with Crippen LogP contribution in [-0.2, 0) is 21.5 Å². The number of hydrogen-bond donors (Lipinski definition) is 2. The number of hydrogen-bond acceptors (Lipinski definition) is 3. The molecule has 1 spiro atoms. The Morgan fingerprint density at radius 3 is 2.43 bits per heavy atom. The lowest BCUT2D eigenvalue weighted by atomic mass is 9.53. The Balaban J connectivity index is 1.20. The molecule has 5 fully saturated rings. The van der Waals surface area contributed by atoms with E-state index >= 15 is 0 Å². The molecular formula is C24H29N3O3. The van der Waals surface area contributed by atoms with Crippen molar-refractivity contribution in [1.29, 1.82) is 0 Å². The van der Waals surface area contributed by atoms with Crippen LogP contribution in [0.15, 0.2) is 24.3 Å². The number of nitrogens with one attached hydrogen (secondary N) is 2. The van der Waals surface area contributed by atoms with Gasteiger partial charge in [0.05, 0.1) is 0 Å². The third kappa shape index (κ3) is 2.65. The average molecular weight is 408 g/mol. The van der Waals surface area contributed by atoms with Crippen LogP contribution in [0.2, 0.25) is 0 Å². The average Bonchev–Trinajstić information content (AvgIpc) is 2.92. The monoisotopic (exact) mass is 407 g/mol. The van der Waals surface area contributed by atoms with Crippen LogP contribution in [0.25, 0.3) is 0 Å². The molecule has 158 valence electrons. The lowest BCUT2D eigenvalue weighted by Gasteiger charge is -2.56. The molecule has 0 radical (unpaired) electrons. The maximum absolute atomic E-state index is 13.4. The van der Waals surface area contributed by atoms with Crippen LogP contribution in [0.4, 0.5) is 4.79 Å². The minimum atomic E-state index is -1.01. The molecule has 6 aliphatic rings. The summed E-state index contributed by atoms with van der Waals surface area (Å²) in [7, 11) is 0. The number of urea groups is 1. The van der Waals surface area contributed by atoms with Crippen LogP contribution in [0, 0.1) is 17.8 Å². The molecule has 30 heavy (non-hydrogen) atoms. The van der Waals surface area contributed by atoms with E-state index in [1.807, 2.05) is 24.3 Å². The van der Waals surface area contributed by atoms with E-state index in [-0.39, 0.29) is 23.9 Å². The van der Waals surface area contributed by atoms with Crippen molar-refractivity contribution in [3.05, 3.63) is 35.4 Å². The van der Waals surface area contributed by atoms with Gasteiger partial charge in [-0.15, -0.1) is 0 Å². The topological polar surface area (TPSA) is 78.5 Å². The summed E-state index contributed by atoms with van der Waals surface area (Å²) in [5, 5.41) is 6.24. The highest BCUT2D eigenvalue weighted by atomic mass is 16.2. The predicted octanol–water partition coefficient (Wildman–Crippen LogP) is 2.86. The van der Waals surface area contributed by atoms with Crippen molar-refractivity contribution in [2.75, 3.05) is 6.54 Å². The maximum atomic E-state index is 13.4. The van der Waals surface area contributed by atoms with Crippen molar-refractivity contribution in [2.24, 2.45) is 17.8 Å². The highest BCUT2D eigenvalue weighted by molar-refractivity contribution is 6.09. The fraction of sp³-hybridized carbons (Fsp3) is 0.625. The van der Waals surface area contributed by atoms with Crippen molar-refractivity contribution in [3.8, 4) is 0 Å². The molecule has 1 heterocycles. The van der Waals surface area contributed by atoms with E-state index in [4.69, 9.17) is 0 Å². The van der Waals surface area contributed by atoms with Gasteiger partial charge in [0.15, 0.2) is 0 Å². The molecule has 1 saturated heterocycles. The van der Waals surface area contributed by atoms with Crippen molar-refractivity contribution < 1.29 is 14.4 Å². The van der Waals surface area contributed by atoms with Crippen LogP contribution in [0.5, 0.6) is 0 Å². The lowest BCUT2D eigenvalue weighted by molar-refractivity contribution is -0.137. The summed E-state index contributed by atoms with van der Waals surface area (Å²) in [4.78, 5) is 40.3. The smallest absolute Gasteiger partial charge is 0.325 e. The number of nitrogens with zero attached hydrogens (tertiary/aromatic N) is 1. The van der Waals surface area contributed by atoms with Crippen LogP contribution in [0.1, 0.15) is 62.5 Å². The summed E-state index contributed by atoms with van der Waals surface area (Å²) in [5.74, 6) is 1.72. The number of aryl methyl sites for hydroxylation is 1. The zero-order valence-electron chi connectivity index (χ0n) is 17.3. The van der Waals surface area contributed by atoms with E-state index in [2.05, 4.69) is 10.6 Å². The minimum Gasteiger partial charge on any atom is -0.349 e. The van der Waals surface area contributed by atoms with Gasteiger partial charge in [-0.05, 0) is 86.7 Å². The van der Waals surface area contributed by atoms with Gasteiger partial charge < -0.3 is 10.6 Å². The normalized spacial score (nSPS) is 38.7. The Hall–Kier alpha value is -2.37. The van der Waals surface area contributed by atoms with Gasteiger partial charge >= 0.3 is 6.03 Å². The quantitative estimate of drug-likeness (QED) is 0.757. The molecule has 7 rings (SSSR count). The van der Waals surface area contributed by atoms with E-state index in [1.54, 1.807) is 0 Å². The van der Waals surface area contributed by atoms with Crippen molar-refractivity contribution in [1.82, 2.24) is 15.5 Å². The standard InChI is InChI=1S/C24H29N3O3/c28-20(25-23-11-15-8-16(12-23)10-17(9-15)13-23)14-27-21(29)24(26-22(27)30)7-3-5-18-4-1-2-6-19(18)24/h1-2,4,6,15-17H,3,5,7-14H2,(H,25,28)(H,26,30). The zero-order valence-corrected chi connectivity index (χ0v) is 17.3. The van der Waals surface area contributed by atoms with Gasteiger partial charge in [-0.3, -0.25) is 14.5 Å². The van der Waals surface area contributed by atoms with E-state index in [0.717, 1.165) is 65.9 Å². The molecule has 1 aromatic rings. The van der Waals surface area contributed by atoms with Gasteiger partial charge in [-0.1, -0.05) is 24.3 Å². The van der Waals surface area contributed by atoms with Crippen molar-refractivity contribution in [2.45, 2.75) is 68.9 Å². The second kappa shape index (κ2) is 6.32. The first-order valence-corrected chi connectivity index (χ1v) is 11.5. The SMILES string of the molecule is O=C(CN1C(=O)NC2(CCCc3ccccc32)C1=O)NC12CC3CC(CC(C3)C1)C2. The first kappa shape index (κ1) is 18.4. The molecule has 0 aromatic heterocycles. The number of carbonyl (C=O) groups excluding carboxylic acids is 3. The van der Waals surface area contributed by atoms with Crippen molar-refractivity contribution >= 4 is 17.8 Å². The van der Waals surface area contributed by atoms with E-state index in [1.165, 1.54) is 19.3 Å². The second-order valence-corrected chi connectivity index (χ2v) is 10.5. The summed E-state index contributed by atoms with van der Waals surface area (Å²) in [5.41, 5.74) is 0.878. The summed E-state index contributed by atoms with van der Waals surface area (Å²) >= 11 is 0. The summed E-state index contributed by atoms with van der Waals surface area (Å²) < 4.78 is 0. The Labute approximate surface area is 176 Å². The number of benzene rings is 1. The number of carbonyl (C=O) groups is 3. The molecule has 1 unspecified atom stereocenters. The molecule has 1 aliphatic heterocycles. The molecule has 4 amide bonds. The Morgan fingerprint density at radius 2 is 1.73 bits per heavy atom. The third-order valence-electron chi connectivity index (χ3n) is 8.40. The van der Waals surface area contributed by atoms with E-state index in [9.17, 15) is 14.4 Å². The van der Waals surface area contributed by atoms with E-state index in [0.29, 0.717) is 6.42 Å². The van der Waals surface area contributed by atoms with Crippen LogP contribution in [0.3, 0.4) is 0 Å². The highest BCUT2D eigenvalue weighted by Gasteiger charge is 2.55. The van der Waals surface area contributed by atoms with Crippen molar-refractivity contribution in [3.63, 3.8) is 0 Å². The molecule has 5 aliphatic carbocycles. The predicted molar refractivity (Wildman–Crippen MR) is 110 cm³/mol. The molecule has 1 aromatic carbocycles. The van der Waals surface area contributed by atoms with Crippen LogP contribution < -0.4 is 10.6 Å². The minimum absolute atomic E-state index is 0.111. The summed E-state index contributed by atoms with van der Waals surface area (Å²) in [6, 6.07) is 7.39. The van der Waals surface area contributed by atoms with Gasteiger partial charge in [0.2, 0.25) is 5.91 Å². The first-order chi connectivity index (χ1) is 14.5. The molecule has 6 nitrogen and oxygen atoms in total. The summed E-state index contributed by atoms with van der Waals surface area (Å²) in [6.07, 6.45) is 9.44. The van der Waals surface area contributed by atoms with Gasteiger partial charge in [0.25, 0.3) is 5.91 Å². The van der Waals surface area contributed by atoms with Gasteiger partial charge in [-0.2, -0.15) is 0 Å². The Bertz CT molecular complexity index is 906. The van der Waals surface area contributed by atoms with E-state index < -0.39 is 11.6 Å². The molecular weight excluding hydrogens is 378 g/mol. The fourth-order valence-electron chi connectivity index (χ4n) is 7.70. The number of fused-ring (bicyclic) bond motifs is 2. The Morgan fingerprint density at radius 1 is 1.07 bits per heavy atom. The maximum Gasteiger partial charge on any atom is 0.325 e. The lowest BCUT2D eigenvalue weighted by Crippen LogP contribution is -2.61. The van der Waals surface area contributed by atoms with Crippen LogP contribution in [-0.4, -0.2) is 34.8 Å². The third-order valence-corrected chi connectivity index (χ3v) is 8.40. The fourth-order valence-corrected chi connectivity index (χ4v) is 7.70. The molecule has 4 bridgehead atoms. The summed E-state index contributed by atoms with van der Waals surface area (Å²) in [6.45, 7) is -0.184. The highest BCUT2D eigenvalue weighted by Crippen LogP contribution is 2.55. The first-order valence-electron chi connectivity index (χ1n) is 11.5. The molecule has 4 saturated carbocycles. The number of rotatable bonds is 3.